The molecule has 0 bridgehead atoms. The summed E-state index contributed by atoms with van der Waals surface area (Å²) in [6.07, 6.45) is 2.44. The molecule has 0 aliphatic rings. The third kappa shape index (κ3) is 2.39. The summed E-state index contributed by atoms with van der Waals surface area (Å²) in [5.41, 5.74) is 3.36. The van der Waals surface area contributed by atoms with E-state index >= 15 is 0 Å². The Bertz CT molecular complexity index is 824. The van der Waals surface area contributed by atoms with Crippen LogP contribution in [0, 0.1) is 11.3 Å². The monoisotopic (exact) mass is 299 g/mol. The highest BCUT2D eigenvalue weighted by atomic mass is 35.5. The zero-order valence-electron chi connectivity index (χ0n) is 11.6. The molecule has 21 heavy (non-hydrogen) atoms. The molecule has 5 nitrogen and oxygen atoms in total. The van der Waals surface area contributed by atoms with E-state index < -0.39 is 0 Å². The van der Waals surface area contributed by atoms with Gasteiger partial charge in [0, 0.05) is 25.5 Å². The van der Waals surface area contributed by atoms with Gasteiger partial charge in [-0.15, -0.1) is 11.6 Å². The summed E-state index contributed by atoms with van der Waals surface area (Å²) in [5.74, 6) is 1.39. The predicted molar refractivity (Wildman–Crippen MR) is 81.2 cm³/mol. The van der Waals surface area contributed by atoms with Gasteiger partial charge in [0.15, 0.2) is 0 Å². The molecular weight excluding hydrogens is 286 g/mol. The maximum Gasteiger partial charge on any atom is 0.111 e. The van der Waals surface area contributed by atoms with Gasteiger partial charge in [0.25, 0.3) is 0 Å². The third-order valence-corrected chi connectivity index (χ3v) is 3.73. The number of nitriles is 1. The summed E-state index contributed by atoms with van der Waals surface area (Å²) >= 11 is 5.89. The highest BCUT2D eigenvalue weighted by Gasteiger charge is 2.14. The van der Waals surface area contributed by atoms with Crippen molar-refractivity contribution in [2.45, 2.75) is 13.0 Å². The van der Waals surface area contributed by atoms with Crippen molar-refractivity contribution in [2.75, 3.05) is 5.88 Å². The van der Waals surface area contributed by atoms with Crippen molar-refractivity contribution in [3.05, 3.63) is 47.5 Å². The second kappa shape index (κ2) is 5.58. The van der Waals surface area contributed by atoms with Crippen LogP contribution in [0.2, 0.25) is 0 Å². The lowest BCUT2D eigenvalue weighted by Crippen LogP contribution is -2.09. The number of imidazole rings is 1. The van der Waals surface area contributed by atoms with Gasteiger partial charge in [-0.2, -0.15) is 10.4 Å². The molecule has 0 atom stereocenters. The van der Waals surface area contributed by atoms with E-state index in [-0.39, 0.29) is 0 Å². The number of rotatable bonds is 4. The number of fused-ring (bicyclic) bond motifs is 1. The fourth-order valence-corrected chi connectivity index (χ4v) is 2.62. The summed E-state index contributed by atoms with van der Waals surface area (Å²) < 4.78 is 3.94. The molecule has 3 aromatic rings. The quantitative estimate of drug-likeness (QED) is 0.695. The van der Waals surface area contributed by atoms with Gasteiger partial charge in [-0.1, -0.05) is 6.07 Å². The number of nitrogens with zero attached hydrogens (tertiary/aromatic N) is 5. The van der Waals surface area contributed by atoms with E-state index in [9.17, 15) is 5.26 Å². The van der Waals surface area contributed by atoms with Crippen LogP contribution < -0.4 is 0 Å². The molecular formula is C15H14ClN5. The van der Waals surface area contributed by atoms with Crippen LogP contribution in [0.15, 0.2) is 30.5 Å². The Morgan fingerprint density at radius 2 is 2.19 bits per heavy atom. The van der Waals surface area contributed by atoms with Crippen LogP contribution in [0.4, 0.5) is 0 Å². The maximum absolute atomic E-state index is 9.23. The third-order valence-electron chi connectivity index (χ3n) is 3.54. The number of para-hydroxylation sites is 1. The van der Waals surface area contributed by atoms with Crippen molar-refractivity contribution in [3.8, 4) is 6.07 Å². The summed E-state index contributed by atoms with van der Waals surface area (Å²) in [6.45, 7) is 0.661. The predicted octanol–water partition coefficient (Wildman–Crippen LogP) is 2.47. The number of benzene rings is 1. The van der Waals surface area contributed by atoms with Gasteiger partial charge in [0.1, 0.15) is 17.4 Å². The first-order chi connectivity index (χ1) is 10.2. The molecule has 0 N–H and O–H groups in total. The van der Waals surface area contributed by atoms with Gasteiger partial charge >= 0.3 is 0 Å². The minimum absolute atomic E-state index is 0.497. The summed E-state index contributed by atoms with van der Waals surface area (Å²) in [6, 6.07) is 9.82. The smallest absolute Gasteiger partial charge is 0.111 e. The highest BCUT2D eigenvalue weighted by molar-refractivity contribution is 6.17. The lowest BCUT2D eigenvalue weighted by molar-refractivity contribution is 0.657. The summed E-state index contributed by atoms with van der Waals surface area (Å²) in [7, 11) is 1.91. The van der Waals surface area contributed by atoms with Crippen LogP contribution in [-0.2, 0) is 20.0 Å². The van der Waals surface area contributed by atoms with Crippen molar-refractivity contribution in [1.82, 2.24) is 19.3 Å². The molecule has 106 valence electrons. The standard InChI is InChI=1S/C15H14ClN5/c1-20-12(6-8-18-20)10-21-13-4-2-3-11(9-17)15(13)19-14(21)5-7-16/h2-4,6,8H,5,7,10H2,1H3. The molecule has 0 saturated heterocycles. The molecule has 0 fully saturated rings. The maximum atomic E-state index is 9.23. The first-order valence-corrected chi connectivity index (χ1v) is 7.19. The zero-order valence-corrected chi connectivity index (χ0v) is 12.4. The van der Waals surface area contributed by atoms with E-state index in [2.05, 4.69) is 20.7 Å². The summed E-state index contributed by atoms with van der Waals surface area (Å²) in [5, 5.41) is 13.4. The lowest BCUT2D eigenvalue weighted by Gasteiger charge is -2.08. The van der Waals surface area contributed by atoms with Crippen LogP contribution in [0.3, 0.4) is 0 Å². The Balaban J connectivity index is 2.17. The Labute approximate surface area is 127 Å². The van der Waals surface area contributed by atoms with E-state index in [1.165, 1.54) is 0 Å². The van der Waals surface area contributed by atoms with E-state index in [4.69, 9.17) is 11.6 Å². The van der Waals surface area contributed by atoms with Gasteiger partial charge in [0.2, 0.25) is 0 Å². The molecule has 0 radical (unpaired) electrons. The summed E-state index contributed by atoms with van der Waals surface area (Å²) in [4.78, 5) is 4.61. The molecule has 2 heterocycles. The zero-order chi connectivity index (χ0) is 14.8. The average Bonchev–Trinajstić information content (AvgIpc) is 3.05. The molecule has 2 aromatic heterocycles. The molecule has 0 aliphatic heterocycles. The van der Waals surface area contributed by atoms with Gasteiger partial charge in [0.05, 0.1) is 23.3 Å². The molecule has 6 heteroatoms. The van der Waals surface area contributed by atoms with Gasteiger partial charge in [-0.25, -0.2) is 4.98 Å². The second-order valence-corrected chi connectivity index (χ2v) is 5.16. The van der Waals surface area contributed by atoms with E-state index in [1.54, 1.807) is 12.3 Å². The second-order valence-electron chi connectivity index (χ2n) is 4.78. The van der Waals surface area contributed by atoms with Gasteiger partial charge in [-0.05, 0) is 18.2 Å². The fourth-order valence-electron chi connectivity index (χ4n) is 2.46. The Morgan fingerprint density at radius 3 is 2.86 bits per heavy atom. The number of aryl methyl sites for hydroxylation is 2. The van der Waals surface area contributed by atoms with E-state index in [1.807, 2.05) is 29.9 Å². The van der Waals surface area contributed by atoms with Crippen LogP contribution in [0.5, 0.6) is 0 Å². The van der Waals surface area contributed by atoms with Crippen LogP contribution in [-0.4, -0.2) is 25.2 Å². The molecule has 0 amide bonds. The number of hydrogen-bond acceptors (Lipinski definition) is 3. The SMILES string of the molecule is Cn1nccc1Cn1c(CCCl)nc2c(C#N)cccc21. The highest BCUT2D eigenvalue weighted by Crippen LogP contribution is 2.21. The average molecular weight is 300 g/mol. The van der Waals surface area contributed by atoms with Crippen LogP contribution in [0.1, 0.15) is 17.1 Å². The van der Waals surface area contributed by atoms with E-state index in [0.29, 0.717) is 24.4 Å². The topological polar surface area (TPSA) is 59.4 Å². The number of aromatic nitrogens is 4. The first kappa shape index (κ1) is 13.7. The number of halogens is 1. The lowest BCUT2D eigenvalue weighted by atomic mass is 10.2. The van der Waals surface area contributed by atoms with Crippen molar-refractivity contribution >= 4 is 22.6 Å². The van der Waals surface area contributed by atoms with Crippen LogP contribution >= 0.6 is 11.6 Å². The molecule has 0 unspecified atom stereocenters. The van der Waals surface area contributed by atoms with Crippen molar-refractivity contribution in [2.24, 2.45) is 7.05 Å². The van der Waals surface area contributed by atoms with Crippen molar-refractivity contribution in [3.63, 3.8) is 0 Å². The van der Waals surface area contributed by atoms with Crippen LogP contribution in [0.25, 0.3) is 11.0 Å². The number of alkyl halides is 1. The first-order valence-electron chi connectivity index (χ1n) is 6.65. The molecule has 3 rings (SSSR count). The largest absolute Gasteiger partial charge is 0.322 e. The minimum Gasteiger partial charge on any atom is -0.322 e. The molecule has 0 spiro atoms. The molecule has 0 saturated carbocycles. The molecule has 1 aromatic carbocycles. The molecule has 0 aliphatic carbocycles. The number of hydrogen-bond donors (Lipinski definition) is 0. The normalized spacial score (nSPS) is 10.9. The minimum atomic E-state index is 0.497. The van der Waals surface area contributed by atoms with E-state index in [0.717, 1.165) is 22.6 Å². The Morgan fingerprint density at radius 1 is 1.33 bits per heavy atom. The fraction of sp³-hybridized carbons (Fsp3) is 0.267. The van der Waals surface area contributed by atoms with Crippen molar-refractivity contribution < 1.29 is 0 Å². The Hall–Kier alpha value is -2.32. The van der Waals surface area contributed by atoms with Crippen molar-refractivity contribution in [1.29, 1.82) is 5.26 Å². The Kier molecular flexibility index (Phi) is 3.63. The van der Waals surface area contributed by atoms with Gasteiger partial charge < -0.3 is 4.57 Å². The van der Waals surface area contributed by atoms with Gasteiger partial charge in [-0.3, -0.25) is 4.68 Å².